The molecule has 2 aromatic rings. The number of nitrogens with zero attached hydrogens (tertiary/aromatic N) is 2. The molecule has 3 rings (SSSR count). The van der Waals surface area contributed by atoms with Gasteiger partial charge in [-0.2, -0.15) is 0 Å². The molecule has 1 atom stereocenters. The zero-order valence-electron chi connectivity index (χ0n) is 14.5. The summed E-state index contributed by atoms with van der Waals surface area (Å²) in [4.78, 5) is 15.9. The Morgan fingerprint density at radius 1 is 1.31 bits per heavy atom. The summed E-state index contributed by atoms with van der Waals surface area (Å²) < 4.78 is 11.3. The Hall–Kier alpha value is -3.06. The Morgan fingerprint density at radius 3 is 2.88 bits per heavy atom. The standard InChI is InChI=1S/C19H21N3O4/c1-20-19(23)22(24)10-11-25-16-9-5-8-15(12-16)18-21-17(13-26-18)14-6-3-2-4-7-14/h2-9,12,17,24H,10-11,13H2,1H3,(H,20,23)/t17-/m0/s1. The number of ether oxygens (including phenoxy) is 2. The van der Waals surface area contributed by atoms with Crippen LogP contribution in [-0.4, -0.2) is 49.0 Å². The van der Waals surface area contributed by atoms with Crippen molar-refractivity contribution in [2.24, 2.45) is 4.99 Å². The van der Waals surface area contributed by atoms with Crippen LogP contribution in [0.5, 0.6) is 5.75 Å². The third kappa shape index (κ3) is 4.31. The lowest BCUT2D eigenvalue weighted by Gasteiger charge is -2.14. The number of benzene rings is 2. The highest BCUT2D eigenvalue weighted by Crippen LogP contribution is 2.26. The molecule has 2 N–H and O–H groups in total. The van der Waals surface area contributed by atoms with Crippen LogP contribution in [0.1, 0.15) is 17.2 Å². The van der Waals surface area contributed by atoms with Crippen molar-refractivity contribution in [1.82, 2.24) is 10.4 Å². The van der Waals surface area contributed by atoms with Gasteiger partial charge in [0.2, 0.25) is 5.90 Å². The first kappa shape index (κ1) is 17.8. The van der Waals surface area contributed by atoms with Gasteiger partial charge in [0, 0.05) is 12.6 Å². The molecule has 7 nitrogen and oxygen atoms in total. The highest BCUT2D eigenvalue weighted by molar-refractivity contribution is 5.95. The summed E-state index contributed by atoms with van der Waals surface area (Å²) in [6, 6.07) is 16.8. The molecule has 0 saturated carbocycles. The van der Waals surface area contributed by atoms with Crippen LogP contribution in [0.25, 0.3) is 0 Å². The van der Waals surface area contributed by atoms with E-state index in [1.165, 1.54) is 7.05 Å². The fourth-order valence-electron chi connectivity index (χ4n) is 2.58. The molecule has 0 aromatic heterocycles. The summed E-state index contributed by atoms with van der Waals surface area (Å²) in [5, 5.41) is 12.4. The first-order chi connectivity index (χ1) is 12.7. The Kier molecular flexibility index (Phi) is 5.70. The number of amides is 2. The van der Waals surface area contributed by atoms with E-state index < -0.39 is 6.03 Å². The third-order valence-electron chi connectivity index (χ3n) is 3.94. The van der Waals surface area contributed by atoms with Crippen LogP contribution in [0.2, 0.25) is 0 Å². The average molecular weight is 355 g/mol. The van der Waals surface area contributed by atoms with Crippen LogP contribution < -0.4 is 10.1 Å². The molecular formula is C19H21N3O4. The predicted octanol–water partition coefficient (Wildman–Crippen LogP) is 2.61. The Bertz CT molecular complexity index is 779. The normalized spacial score (nSPS) is 15.8. The van der Waals surface area contributed by atoms with E-state index in [0.717, 1.165) is 11.1 Å². The number of hydrogen-bond acceptors (Lipinski definition) is 5. The SMILES string of the molecule is CNC(=O)N(O)CCOc1cccc(C2=N[C@H](c3ccccc3)CO2)c1. The monoisotopic (exact) mass is 355 g/mol. The lowest BCUT2D eigenvalue weighted by Crippen LogP contribution is -2.37. The smallest absolute Gasteiger partial charge is 0.340 e. The molecule has 26 heavy (non-hydrogen) atoms. The van der Waals surface area contributed by atoms with Crippen molar-refractivity contribution in [2.75, 3.05) is 26.8 Å². The van der Waals surface area contributed by atoms with Gasteiger partial charge in [-0.3, -0.25) is 5.21 Å². The Balaban J connectivity index is 1.62. The lowest BCUT2D eigenvalue weighted by atomic mass is 10.1. The maximum Gasteiger partial charge on any atom is 0.340 e. The minimum absolute atomic E-state index is 0.00808. The van der Waals surface area contributed by atoms with Gasteiger partial charge in [0.1, 0.15) is 25.0 Å². The summed E-state index contributed by atoms with van der Waals surface area (Å²) in [7, 11) is 1.45. The molecule has 2 aromatic carbocycles. The van der Waals surface area contributed by atoms with E-state index >= 15 is 0 Å². The molecule has 0 fully saturated rings. The fourth-order valence-corrected chi connectivity index (χ4v) is 2.58. The number of urea groups is 1. The van der Waals surface area contributed by atoms with Crippen LogP contribution in [0.15, 0.2) is 59.6 Å². The largest absolute Gasteiger partial charge is 0.492 e. The van der Waals surface area contributed by atoms with Gasteiger partial charge in [-0.15, -0.1) is 0 Å². The van der Waals surface area contributed by atoms with Gasteiger partial charge in [-0.25, -0.2) is 14.9 Å². The summed E-state index contributed by atoms with van der Waals surface area (Å²) in [5.74, 6) is 1.20. The van der Waals surface area contributed by atoms with E-state index in [9.17, 15) is 10.0 Å². The third-order valence-corrected chi connectivity index (χ3v) is 3.94. The van der Waals surface area contributed by atoms with E-state index in [0.29, 0.717) is 23.3 Å². The summed E-state index contributed by atoms with van der Waals surface area (Å²) in [6.07, 6.45) is 0. The van der Waals surface area contributed by atoms with Crippen molar-refractivity contribution < 1.29 is 19.5 Å². The van der Waals surface area contributed by atoms with Gasteiger partial charge in [-0.05, 0) is 23.8 Å². The maximum atomic E-state index is 11.2. The van der Waals surface area contributed by atoms with Crippen LogP contribution in [0.3, 0.4) is 0 Å². The van der Waals surface area contributed by atoms with Gasteiger partial charge in [0.05, 0.1) is 6.54 Å². The average Bonchev–Trinajstić information content (AvgIpc) is 3.18. The molecule has 1 heterocycles. The molecular weight excluding hydrogens is 334 g/mol. The number of carbonyl (C=O) groups is 1. The molecule has 0 bridgehead atoms. The van der Waals surface area contributed by atoms with Gasteiger partial charge < -0.3 is 14.8 Å². The van der Waals surface area contributed by atoms with Crippen LogP contribution in [0.4, 0.5) is 4.79 Å². The molecule has 0 unspecified atom stereocenters. The first-order valence-corrected chi connectivity index (χ1v) is 8.34. The second-order valence-electron chi connectivity index (χ2n) is 5.73. The fraction of sp³-hybridized carbons (Fsp3) is 0.263. The van der Waals surface area contributed by atoms with E-state index in [2.05, 4.69) is 10.3 Å². The van der Waals surface area contributed by atoms with Gasteiger partial charge in [-0.1, -0.05) is 36.4 Å². The molecule has 0 saturated heterocycles. The van der Waals surface area contributed by atoms with Gasteiger partial charge in [0.25, 0.3) is 0 Å². The van der Waals surface area contributed by atoms with Crippen molar-refractivity contribution in [3.63, 3.8) is 0 Å². The molecule has 1 aliphatic rings. The van der Waals surface area contributed by atoms with Gasteiger partial charge in [0.15, 0.2) is 0 Å². The minimum Gasteiger partial charge on any atom is -0.492 e. The minimum atomic E-state index is -0.581. The zero-order valence-corrected chi connectivity index (χ0v) is 14.5. The first-order valence-electron chi connectivity index (χ1n) is 8.34. The van der Waals surface area contributed by atoms with E-state index in [1.807, 2.05) is 48.5 Å². The van der Waals surface area contributed by atoms with E-state index in [1.54, 1.807) is 6.07 Å². The second-order valence-corrected chi connectivity index (χ2v) is 5.73. The van der Waals surface area contributed by atoms with E-state index in [4.69, 9.17) is 9.47 Å². The second kappa shape index (κ2) is 8.35. The lowest BCUT2D eigenvalue weighted by molar-refractivity contribution is -0.0493. The van der Waals surface area contributed by atoms with Gasteiger partial charge >= 0.3 is 6.03 Å². The van der Waals surface area contributed by atoms with Crippen molar-refractivity contribution >= 4 is 11.9 Å². The van der Waals surface area contributed by atoms with Crippen molar-refractivity contribution in [3.05, 3.63) is 65.7 Å². The molecule has 0 aliphatic carbocycles. The van der Waals surface area contributed by atoms with E-state index in [-0.39, 0.29) is 19.2 Å². The van der Waals surface area contributed by atoms with Crippen molar-refractivity contribution in [2.45, 2.75) is 6.04 Å². The highest BCUT2D eigenvalue weighted by Gasteiger charge is 2.21. The number of rotatable bonds is 6. The summed E-state index contributed by atoms with van der Waals surface area (Å²) in [5.41, 5.74) is 1.94. The highest BCUT2D eigenvalue weighted by atomic mass is 16.5. The Morgan fingerprint density at radius 2 is 2.12 bits per heavy atom. The Labute approximate surface area is 151 Å². The number of hydroxylamine groups is 2. The number of nitrogens with one attached hydrogen (secondary N) is 1. The van der Waals surface area contributed by atoms with Crippen LogP contribution in [0, 0.1) is 0 Å². The molecule has 1 aliphatic heterocycles. The van der Waals surface area contributed by atoms with Crippen LogP contribution >= 0.6 is 0 Å². The predicted molar refractivity (Wildman–Crippen MR) is 96.6 cm³/mol. The molecule has 0 spiro atoms. The van der Waals surface area contributed by atoms with Crippen molar-refractivity contribution in [1.29, 1.82) is 0 Å². The summed E-state index contributed by atoms with van der Waals surface area (Å²) in [6.45, 7) is 0.723. The molecule has 0 radical (unpaired) electrons. The zero-order chi connectivity index (χ0) is 18.4. The number of aliphatic imine (C=N–C) groups is 1. The van der Waals surface area contributed by atoms with Crippen molar-refractivity contribution in [3.8, 4) is 5.75 Å². The number of carbonyl (C=O) groups excluding carboxylic acids is 1. The topological polar surface area (TPSA) is 83.4 Å². The maximum absolute atomic E-state index is 11.2. The van der Waals surface area contributed by atoms with Crippen LogP contribution in [-0.2, 0) is 4.74 Å². The number of hydrogen-bond donors (Lipinski definition) is 2. The quantitative estimate of drug-likeness (QED) is 0.616. The molecule has 2 amide bonds. The molecule has 136 valence electrons. The summed E-state index contributed by atoms with van der Waals surface area (Å²) >= 11 is 0. The molecule has 7 heteroatoms.